The van der Waals surface area contributed by atoms with Crippen LogP contribution >= 0.6 is 11.6 Å². The highest BCUT2D eigenvalue weighted by Crippen LogP contribution is 2.26. The molecule has 5 heteroatoms. The van der Waals surface area contributed by atoms with E-state index in [0.29, 0.717) is 5.82 Å². The summed E-state index contributed by atoms with van der Waals surface area (Å²) >= 11 is 6.26. The first-order valence-corrected chi connectivity index (χ1v) is 7.52. The standard InChI is InChI=1S/C16H19ClN4/c17-14-3-1-2-4-15(14)21-9-7-20(8-10-21)12-13-5-6-16(18)19-11-13/h1-6,11H,7-10,12H2,(H2,18,19). The Bertz CT molecular complexity index is 591. The number of hydrogen-bond acceptors (Lipinski definition) is 4. The average Bonchev–Trinajstić information content (AvgIpc) is 2.51. The fourth-order valence-electron chi connectivity index (χ4n) is 2.64. The average molecular weight is 303 g/mol. The van der Waals surface area contributed by atoms with Gasteiger partial charge in [0.1, 0.15) is 5.82 Å². The van der Waals surface area contributed by atoms with E-state index in [1.165, 1.54) is 5.56 Å². The summed E-state index contributed by atoms with van der Waals surface area (Å²) in [6, 6.07) is 11.9. The van der Waals surface area contributed by atoms with Crippen LogP contribution in [-0.4, -0.2) is 36.1 Å². The lowest BCUT2D eigenvalue weighted by Gasteiger charge is -2.36. The molecule has 1 saturated heterocycles. The molecule has 4 nitrogen and oxygen atoms in total. The number of nitrogens with zero attached hydrogens (tertiary/aromatic N) is 3. The second kappa shape index (κ2) is 6.33. The van der Waals surface area contributed by atoms with Crippen LogP contribution in [0.3, 0.4) is 0 Å². The third-order valence-corrected chi connectivity index (χ3v) is 4.14. The zero-order chi connectivity index (χ0) is 14.7. The Labute approximate surface area is 130 Å². The molecule has 2 aromatic rings. The van der Waals surface area contributed by atoms with Crippen LogP contribution in [0.2, 0.25) is 5.02 Å². The first-order chi connectivity index (χ1) is 10.2. The topological polar surface area (TPSA) is 45.4 Å². The molecule has 110 valence electrons. The van der Waals surface area contributed by atoms with Crippen LogP contribution in [-0.2, 0) is 6.54 Å². The second-order valence-corrected chi connectivity index (χ2v) is 5.71. The predicted molar refractivity (Wildman–Crippen MR) is 87.6 cm³/mol. The smallest absolute Gasteiger partial charge is 0.123 e. The summed E-state index contributed by atoms with van der Waals surface area (Å²) in [7, 11) is 0. The van der Waals surface area contributed by atoms with E-state index < -0.39 is 0 Å². The summed E-state index contributed by atoms with van der Waals surface area (Å²) in [5, 5.41) is 0.827. The maximum atomic E-state index is 6.26. The molecule has 1 aromatic heterocycles. The number of piperazine rings is 1. The monoisotopic (exact) mass is 302 g/mol. The van der Waals surface area contributed by atoms with Crippen molar-refractivity contribution in [1.82, 2.24) is 9.88 Å². The summed E-state index contributed by atoms with van der Waals surface area (Å²) in [5.74, 6) is 0.572. The van der Waals surface area contributed by atoms with E-state index >= 15 is 0 Å². The predicted octanol–water partition coefficient (Wildman–Crippen LogP) is 2.64. The Morgan fingerprint density at radius 2 is 1.81 bits per heavy atom. The summed E-state index contributed by atoms with van der Waals surface area (Å²) in [5.41, 5.74) is 7.95. The molecule has 1 aromatic carbocycles. The van der Waals surface area contributed by atoms with Crippen LogP contribution in [0.15, 0.2) is 42.6 Å². The van der Waals surface area contributed by atoms with Crippen molar-refractivity contribution in [3.05, 3.63) is 53.2 Å². The van der Waals surface area contributed by atoms with E-state index in [-0.39, 0.29) is 0 Å². The van der Waals surface area contributed by atoms with Crippen LogP contribution in [0.25, 0.3) is 0 Å². The molecule has 21 heavy (non-hydrogen) atoms. The summed E-state index contributed by atoms with van der Waals surface area (Å²) < 4.78 is 0. The molecule has 3 rings (SSSR count). The number of para-hydroxylation sites is 1. The lowest BCUT2D eigenvalue weighted by Crippen LogP contribution is -2.46. The van der Waals surface area contributed by atoms with Gasteiger partial charge in [-0.3, -0.25) is 4.90 Å². The van der Waals surface area contributed by atoms with Gasteiger partial charge in [0.15, 0.2) is 0 Å². The molecule has 1 fully saturated rings. The van der Waals surface area contributed by atoms with Crippen LogP contribution in [0.5, 0.6) is 0 Å². The highest BCUT2D eigenvalue weighted by atomic mass is 35.5. The van der Waals surface area contributed by atoms with Gasteiger partial charge < -0.3 is 10.6 Å². The van der Waals surface area contributed by atoms with Gasteiger partial charge in [0.05, 0.1) is 10.7 Å². The number of halogens is 1. The first kappa shape index (κ1) is 14.2. The number of aromatic nitrogens is 1. The van der Waals surface area contributed by atoms with Crippen molar-refractivity contribution in [2.45, 2.75) is 6.54 Å². The normalized spacial score (nSPS) is 16.1. The van der Waals surface area contributed by atoms with Gasteiger partial charge in [0, 0.05) is 38.9 Å². The largest absolute Gasteiger partial charge is 0.384 e. The quantitative estimate of drug-likeness (QED) is 0.947. The summed E-state index contributed by atoms with van der Waals surface area (Å²) in [4.78, 5) is 8.92. The highest BCUT2D eigenvalue weighted by molar-refractivity contribution is 6.33. The van der Waals surface area contributed by atoms with E-state index in [9.17, 15) is 0 Å². The van der Waals surface area contributed by atoms with Crippen LogP contribution in [0.4, 0.5) is 11.5 Å². The maximum Gasteiger partial charge on any atom is 0.123 e. The Kier molecular flexibility index (Phi) is 4.27. The van der Waals surface area contributed by atoms with Gasteiger partial charge in [-0.15, -0.1) is 0 Å². The molecule has 0 atom stereocenters. The molecule has 0 spiro atoms. The fraction of sp³-hybridized carbons (Fsp3) is 0.312. The minimum Gasteiger partial charge on any atom is -0.384 e. The number of nitrogens with two attached hydrogens (primary N) is 1. The lowest BCUT2D eigenvalue weighted by molar-refractivity contribution is 0.249. The Morgan fingerprint density at radius 1 is 1.05 bits per heavy atom. The van der Waals surface area contributed by atoms with E-state index in [1.807, 2.05) is 36.5 Å². The molecule has 2 N–H and O–H groups in total. The van der Waals surface area contributed by atoms with Gasteiger partial charge in [-0.05, 0) is 23.8 Å². The zero-order valence-corrected chi connectivity index (χ0v) is 12.6. The molecule has 0 radical (unpaired) electrons. The van der Waals surface area contributed by atoms with Gasteiger partial charge in [-0.25, -0.2) is 4.98 Å². The van der Waals surface area contributed by atoms with Gasteiger partial charge in [0.25, 0.3) is 0 Å². The number of pyridine rings is 1. The van der Waals surface area contributed by atoms with Crippen LogP contribution in [0, 0.1) is 0 Å². The zero-order valence-electron chi connectivity index (χ0n) is 11.9. The maximum absolute atomic E-state index is 6.26. The van der Waals surface area contributed by atoms with Crippen molar-refractivity contribution >= 4 is 23.1 Å². The van der Waals surface area contributed by atoms with Crippen molar-refractivity contribution in [1.29, 1.82) is 0 Å². The molecule has 1 aliphatic rings. The van der Waals surface area contributed by atoms with Crippen molar-refractivity contribution in [2.24, 2.45) is 0 Å². The van der Waals surface area contributed by atoms with E-state index in [1.54, 1.807) is 0 Å². The summed E-state index contributed by atoms with van der Waals surface area (Å²) in [6.07, 6.45) is 1.86. The Morgan fingerprint density at radius 3 is 2.48 bits per heavy atom. The van der Waals surface area contributed by atoms with Crippen molar-refractivity contribution in [2.75, 3.05) is 36.8 Å². The molecular formula is C16H19ClN4. The van der Waals surface area contributed by atoms with E-state index in [2.05, 4.69) is 20.9 Å². The summed E-state index contributed by atoms with van der Waals surface area (Å²) in [6.45, 7) is 4.95. The molecule has 0 aliphatic carbocycles. The molecule has 0 bridgehead atoms. The van der Waals surface area contributed by atoms with E-state index in [4.69, 9.17) is 17.3 Å². The minimum atomic E-state index is 0.572. The molecule has 0 unspecified atom stereocenters. The van der Waals surface area contributed by atoms with Crippen molar-refractivity contribution < 1.29 is 0 Å². The number of benzene rings is 1. The molecular weight excluding hydrogens is 284 g/mol. The SMILES string of the molecule is Nc1ccc(CN2CCN(c3ccccc3Cl)CC2)cn1. The lowest BCUT2D eigenvalue weighted by atomic mass is 10.2. The van der Waals surface area contributed by atoms with Crippen LogP contribution in [0.1, 0.15) is 5.56 Å². The fourth-order valence-corrected chi connectivity index (χ4v) is 2.90. The number of anilines is 2. The molecule has 0 amide bonds. The second-order valence-electron chi connectivity index (χ2n) is 5.31. The molecule has 1 aliphatic heterocycles. The van der Waals surface area contributed by atoms with Gasteiger partial charge in [-0.2, -0.15) is 0 Å². The van der Waals surface area contributed by atoms with Crippen molar-refractivity contribution in [3.8, 4) is 0 Å². The number of hydrogen-bond donors (Lipinski definition) is 1. The van der Waals surface area contributed by atoms with Crippen molar-refractivity contribution in [3.63, 3.8) is 0 Å². The van der Waals surface area contributed by atoms with Crippen LogP contribution < -0.4 is 10.6 Å². The molecule has 2 heterocycles. The third-order valence-electron chi connectivity index (χ3n) is 3.82. The van der Waals surface area contributed by atoms with Gasteiger partial charge >= 0.3 is 0 Å². The number of nitrogen functional groups attached to an aromatic ring is 1. The third kappa shape index (κ3) is 3.46. The Balaban J connectivity index is 1.58. The van der Waals surface area contributed by atoms with E-state index in [0.717, 1.165) is 43.4 Å². The van der Waals surface area contributed by atoms with Gasteiger partial charge in [-0.1, -0.05) is 29.8 Å². The first-order valence-electron chi connectivity index (χ1n) is 7.14. The Hall–Kier alpha value is -1.78. The minimum absolute atomic E-state index is 0.572. The highest BCUT2D eigenvalue weighted by Gasteiger charge is 2.18. The number of rotatable bonds is 3. The molecule has 0 saturated carbocycles. The van der Waals surface area contributed by atoms with Gasteiger partial charge in [0.2, 0.25) is 0 Å².